The normalized spacial score (nSPS) is 10.5. The van der Waals surface area contributed by atoms with Gasteiger partial charge in [-0.25, -0.2) is 4.39 Å². The van der Waals surface area contributed by atoms with Crippen LogP contribution < -0.4 is 5.32 Å². The summed E-state index contributed by atoms with van der Waals surface area (Å²) in [5.41, 5.74) is 1.67. The zero-order chi connectivity index (χ0) is 13.8. The van der Waals surface area contributed by atoms with Gasteiger partial charge in [0.25, 0.3) is 0 Å². The summed E-state index contributed by atoms with van der Waals surface area (Å²) in [7, 11) is 1.77. The first-order valence-corrected chi connectivity index (χ1v) is 6.09. The second kappa shape index (κ2) is 5.65. The van der Waals surface area contributed by atoms with Gasteiger partial charge in [-0.2, -0.15) is 5.10 Å². The van der Waals surface area contributed by atoms with Gasteiger partial charge in [-0.1, -0.05) is 12.1 Å². The molecule has 1 N–H and O–H groups in total. The van der Waals surface area contributed by atoms with Gasteiger partial charge in [0.05, 0.1) is 5.69 Å². The molecule has 0 unspecified atom stereocenters. The summed E-state index contributed by atoms with van der Waals surface area (Å²) in [6.45, 7) is 1.86. The fourth-order valence-corrected chi connectivity index (χ4v) is 1.88. The van der Waals surface area contributed by atoms with E-state index in [0.29, 0.717) is 18.7 Å². The highest BCUT2D eigenvalue weighted by molar-refractivity contribution is 5.90. The van der Waals surface area contributed by atoms with Crippen molar-refractivity contribution in [3.05, 3.63) is 47.4 Å². The van der Waals surface area contributed by atoms with E-state index in [-0.39, 0.29) is 11.7 Å². The molecule has 0 radical (unpaired) electrons. The number of hydrogen-bond acceptors (Lipinski definition) is 2. The van der Waals surface area contributed by atoms with Gasteiger partial charge in [0.15, 0.2) is 0 Å². The van der Waals surface area contributed by atoms with E-state index in [4.69, 9.17) is 0 Å². The number of carbonyl (C=O) groups is 1. The van der Waals surface area contributed by atoms with Crippen molar-refractivity contribution in [2.75, 3.05) is 5.32 Å². The van der Waals surface area contributed by atoms with Crippen LogP contribution in [0.3, 0.4) is 0 Å². The molecule has 2 rings (SSSR count). The van der Waals surface area contributed by atoms with Crippen molar-refractivity contribution in [2.45, 2.75) is 19.8 Å². The Kier molecular flexibility index (Phi) is 3.94. The monoisotopic (exact) mass is 261 g/mol. The molecule has 1 aromatic carbocycles. The predicted octanol–water partition coefficient (Wildman–Crippen LogP) is 2.44. The van der Waals surface area contributed by atoms with Crippen molar-refractivity contribution in [1.82, 2.24) is 9.78 Å². The van der Waals surface area contributed by atoms with E-state index in [1.165, 1.54) is 12.1 Å². The Balaban J connectivity index is 1.90. The van der Waals surface area contributed by atoms with Crippen molar-refractivity contribution in [1.29, 1.82) is 0 Å². The van der Waals surface area contributed by atoms with Crippen molar-refractivity contribution in [2.24, 2.45) is 7.05 Å². The fraction of sp³-hybridized carbons (Fsp3) is 0.286. The summed E-state index contributed by atoms with van der Waals surface area (Å²) < 4.78 is 14.6. The topological polar surface area (TPSA) is 46.9 Å². The van der Waals surface area contributed by atoms with Crippen LogP contribution in [0.2, 0.25) is 0 Å². The number of carbonyl (C=O) groups excluding carboxylic acids is 1. The maximum Gasteiger partial charge on any atom is 0.225 e. The molecule has 2 aromatic rings. The molecule has 1 amide bonds. The lowest BCUT2D eigenvalue weighted by Crippen LogP contribution is -2.14. The number of halogens is 1. The Labute approximate surface area is 111 Å². The Morgan fingerprint density at radius 3 is 2.84 bits per heavy atom. The smallest absolute Gasteiger partial charge is 0.225 e. The summed E-state index contributed by atoms with van der Waals surface area (Å²) in [6, 6.07) is 8.10. The van der Waals surface area contributed by atoms with Crippen molar-refractivity contribution in [3.8, 4) is 0 Å². The number of nitrogens with one attached hydrogen (secondary N) is 1. The number of hydrogen-bond donors (Lipinski definition) is 1. The third kappa shape index (κ3) is 3.64. The fourth-order valence-electron chi connectivity index (χ4n) is 1.88. The van der Waals surface area contributed by atoms with Crippen LogP contribution >= 0.6 is 0 Å². The quantitative estimate of drug-likeness (QED) is 0.918. The number of benzene rings is 1. The molecule has 1 heterocycles. The van der Waals surface area contributed by atoms with Crippen LogP contribution in [0.25, 0.3) is 0 Å². The number of anilines is 1. The van der Waals surface area contributed by atoms with Crippen LogP contribution in [0.1, 0.15) is 17.7 Å². The minimum atomic E-state index is -0.278. The molecular formula is C14H16FN3O. The molecule has 100 valence electrons. The minimum Gasteiger partial charge on any atom is -0.311 e. The van der Waals surface area contributed by atoms with Gasteiger partial charge < -0.3 is 5.32 Å². The van der Waals surface area contributed by atoms with Gasteiger partial charge in [-0.3, -0.25) is 9.48 Å². The first kappa shape index (κ1) is 13.3. The molecule has 1 aromatic heterocycles. The second-order valence-corrected chi connectivity index (χ2v) is 4.47. The summed E-state index contributed by atoms with van der Waals surface area (Å²) in [5.74, 6) is 0.286. The zero-order valence-corrected chi connectivity index (χ0v) is 11.0. The van der Waals surface area contributed by atoms with Gasteiger partial charge in [0.2, 0.25) is 5.91 Å². The Hall–Kier alpha value is -2.17. The van der Waals surface area contributed by atoms with E-state index in [1.54, 1.807) is 23.9 Å². The standard InChI is InChI=1S/C14H16FN3O/c1-10-8-13(18(2)17-10)16-14(19)7-6-11-4-3-5-12(15)9-11/h3-5,8-9H,6-7H2,1-2H3,(H,16,19). The lowest BCUT2D eigenvalue weighted by molar-refractivity contribution is -0.116. The lowest BCUT2D eigenvalue weighted by Gasteiger charge is -2.05. The molecule has 0 atom stereocenters. The Morgan fingerprint density at radius 1 is 1.42 bits per heavy atom. The van der Waals surface area contributed by atoms with Gasteiger partial charge in [0.1, 0.15) is 11.6 Å². The first-order valence-electron chi connectivity index (χ1n) is 6.09. The number of aryl methyl sites for hydroxylation is 3. The second-order valence-electron chi connectivity index (χ2n) is 4.47. The van der Waals surface area contributed by atoms with Crippen molar-refractivity contribution in [3.63, 3.8) is 0 Å². The average Bonchev–Trinajstić information content (AvgIpc) is 2.65. The highest BCUT2D eigenvalue weighted by atomic mass is 19.1. The highest BCUT2D eigenvalue weighted by Gasteiger charge is 2.07. The maximum absolute atomic E-state index is 13.0. The number of nitrogens with zero attached hydrogens (tertiary/aromatic N) is 2. The minimum absolute atomic E-state index is 0.104. The van der Waals surface area contributed by atoms with Crippen molar-refractivity contribution >= 4 is 11.7 Å². The zero-order valence-electron chi connectivity index (χ0n) is 11.0. The molecule has 0 fully saturated rings. The van der Waals surface area contributed by atoms with E-state index in [9.17, 15) is 9.18 Å². The van der Waals surface area contributed by atoms with E-state index in [2.05, 4.69) is 10.4 Å². The molecule has 19 heavy (non-hydrogen) atoms. The molecule has 0 aliphatic rings. The SMILES string of the molecule is Cc1cc(NC(=O)CCc2cccc(F)c2)n(C)n1. The summed E-state index contributed by atoms with van der Waals surface area (Å²) in [4.78, 5) is 11.8. The molecule has 5 heteroatoms. The third-order valence-electron chi connectivity index (χ3n) is 2.80. The molecule has 0 saturated carbocycles. The van der Waals surface area contributed by atoms with E-state index < -0.39 is 0 Å². The molecule has 0 bridgehead atoms. The van der Waals surface area contributed by atoms with Crippen LogP contribution in [0.4, 0.5) is 10.2 Å². The van der Waals surface area contributed by atoms with E-state index >= 15 is 0 Å². The average molecular weight is 261 g/mol. The molecule has 0 spiro atoms. The first-order chi connectivity index (χ1) is 9.04. The maximum atomic E-state index is 13.0. The predicted molar refractivity (Wildman–Crippen MR) is 71.3 cm³/mol. The molecule has 0 saturated heterocycles. The van der Waals surface area contributed by atoms with E-state index in [1.807, 2.05) is 13.0 Å². The third-order valence-corrected chi connectivity index (χ3v) is 2.80. The Bertz CT molecular complexity index is 592. The highest BCUT2D eigenvalue weighted by Crippen LogP contribution is 2.10. The molecule has 0 aliphatic heterocycles. The number of aromatic nitrogens is 2. The number of amides is 1. The molecule has 0 aliphatic carbocycles. The number of rotatable bonds is 4. The largest absolute Gasteiger partial charge is 0.311 e. The van der Waals surface area contributed by atoms with Crippen LogP contribution in [-0.2, 0) is 18.3 Å². The molecule has 4 nitrogen and oxygen atoms in total. The van der Waals surface area contributed by atoms with Crippen LogP contribution in [0, 0.1) is 12.7 Å². The van der Waals surface area contributed by atoms with Crippen LogP contribution in [-0.4, -0.2) is 15.7 Å². The Morgan fingerprint density at radius 2 is 2.21 bits per heavy atom. The van der Waals surface area contributed by atoms with Gasteiger partial charge in [0, 0.05) is 19.5 Å². The van der Waals surface area contributed by atoms with Gasteiger partial charge >= 0.3 is 0 Å². The van der Waals surface area contributed by atoms with Crippen LogP contribution in [0.15, 0.2) is 30.3 Å². The summed E-state index contributed by atoms with van der Waals surface area (Å²) in [6.07, 6.45) is 0.827. The lowest BCUT2D eigenvalue weighted by atomic mass is 10.1. The molecular weight excluding hydrogens is 245 g/mol. The van der Waals surface area contributed by atoms with Crippen LogP contribution in [0.5, 0.6) is 0 Å². The van der Waals surface area contributed by atoms with E-state index in [0.717, 1.165) is 11.3 Å². The summed E-state index contributed by atoms with van der Waals surface area (Å²) in [5, 5.41) is 6.93. The van der Waals surface area contributed by atoms with Crippen molar-refractivity contribution < 1.29 is 9.18 Å². The summed E-state index contributed by atoms with van der Waals surface area (Å²) >= 11 is 0. The van der Waals surface area contributed by atoms with Gasteiger partial charge in [-0.05, 0) is 31.0 Å². The van der Waals surface area contributed by atoms with Gasteiger partial charge in [-0.15, -0.1) is 0 Å².